The lowest BCUT2D eigenvalue weighted by Crippen LogP contribution is -2.42. The van der Waals surface area contributed by atoms with Gasteiger partial charge in [0.25, 0.3) is 5.91 Å². The first-order chi connectivity index (χ1) is 19.7. The molecule has 7 heteroatoms. The van der Waals surface area contributed by atoms with Gasteiger partial charge in [-0.05, 0) is 84.0 Å². The molecule has 5 rings (SSSR count). The van der Waals surface area contributed by atoms with E-state index in [2.05, 4.69) is 92.6 Å². The fourth-order valence-electron chi connectivity index (χ4n) is 5.57. The van der Waals surface area contributed by atoms with Crippen LogP contribution >= 0.6 is 11.3 Å². The molecule has 0 spiro atoms. The van der Waals surface area contributed by atoms with Crippen molar-refractivity contribution in [1.82, 2.24) is 24.6 Å². The third-order valence-electron chi connectivity index (χ3n) is 7.25. The topological polar surface area (TPSA) is 62.5 Å². The molecule has 41 heavy (non-hydrogen) atoms. The van der Waals surface area contributed by atoms with Crippen LogP contribution in [-0.2, 0) is 13.0 Å². The van der Waals surface area contributed by atoms with Crippen LogP contribution in [0.1, 0.15) is 59.8 Å². The quantitative estimate of drug-likeness (QED) is 0.180. The Hall–Kier alpha value is -3.81. The highest BCUT2D eigenvalue weighted by Gasteiger charge is 2.23. The predicted octanol–water partition coefficient (Wildman–Crippen LogP) is 7.33. The summed E-state index contributed by atoms with van der Waals surface area (Å²) < 4.78 is 2.12. The number of imidazole rings is 1. The molecule has 0 aliphatic rings. The molecule has 0 fully saturated rings. The van der Waals surface area contributed by atoms with Crippen LogP contribution in [-0.4, -0.2) is 43.8 Å². The van der Waals surface area contributed by atoms with Gasteiger partial charge in [-0.25, -0.2) is 4.98 Å². The number of hydrogen-bond donors (Lipinski definition) is 1. The molecule has 1 N–H and O–H groups in total. The fourth-order valence-corrected chi connectivity index (χ4v) is 6.54. The van der Waals surface area contributed by atoms with Crippen LogP contribution in [0.25, 0.3) is 27.3 Å². The van der Waals surface area contributed by atoms with Crippen molar-refractivity contribution in [1.29, 1.82) is 0 Å². The summed E-state index contributed by atoms with van der Waals surface area (Å²) in [6.07, 6.45) is 6.46. The molecule has 6 nitrogen and oxygen atoms in total. The van der Waals surface area contributed by atoms with Gasteiger partial charge in [0.05, 0.1) is 17.0 Å². The summed E-state index contributed by atoms with van der Waals surface area (Å²) in [4.78, 5) is 27.3. The number of thiophene rings is 1. The van der Waals surface area contributed by atoms with Crippen molar-refractivity contribution in [2.24, 2.45) is 0 Å². The maximum absolute atomic E-state index is 13.5. The van der Waals surface area contributed by atoms with E-state index in [1.165, 1.54) is 20.9 Å². The molecule has 212 valence electrons. The van der Waals surface area contributed by atoms with Crippen LogP contribution < -0.4 is 5.32 Å². The van der Waals surface area contributed by atoms with Crippen molar-refractivity contribution >= 4 is 22.9 Å². The Kier molecular flexibility index (Phi) is 8.66. The average molecular weight is 566 g/mol. The van der Waals surface area contributed by atoms with Crippen LogP contribution in [0.15, 0.2) is 73.2 Å². The molecular weight excluding hydrogens is 526 g/mol. The van der Waals surface area contributed by atoms with Crippen LogP contribution in [0.2, 0.25) is 0 Å². The number of amides is 1. The number of carbonyl (C=O) groups is 1. The molecule has 0 aliphatic carbocycles. The smallest absolute Gasteiger partial charge is 0.255 e. The summed E-state index contributed by atoms with van der Waals surface area (Å²) in [7, 11) is 0. The van der Waals surface area contributed by atoms with E-state index >= 15 is 0 Å². The molecule has 0 unspecified atom stereocenters. The van der Waals surface area contributed by atoms with Gasteiger partial charge in [0.2, 0.25) is 0 Å². The van der Waals surface area contributed by atoms with E-state index in [4.69, 9.17) is 4.98 Å². The largest absolute Gasteiger partial charge is 0.334 e. The molecular formula is C34H39N5OS. The second-order valence-corrected chi connectivity index (χ2v) is 12.4. The minimum absolute atomic E-state index is 0.0461. The highest BCUT2D eigenvalue weighted by Crippen LogP contribution is 2.29. The van der Waals surface area contributed by atoms with E-state index < -0.39 is 0 Å². The number of hydrogen-bond acceptors (Lipinski definition) is 5. The van der Waals surface area contributed by atoms with Crippen molar-refractivity contribution in [3.8, 4) is 21.7 Å². The molecule has 1 amide bonds. The first kappa shape index (κ1) is 28.7. The summed E-state index contributed by atoms with van der Waals surface area (Å²) in [6.45, 7) is 14.1. The lowest BCUT2D eigenvalue weighted by molar-refractivity contribution is 0.0643. The van der Waals surface area contributed by atoms with Crippen LogP contribution in [0.4, 0.5) is 0 Å². The number of benzene rings is 1. The SMILES string of the molecule is Cc1cc(C)cc(-c2nc3ccc(C(=O)N(C(C)C)C(C)C)cn3c2CCNCc2ccc(-c3cccnc3)s2)c1. The van der Waals surface area contributed by atoms with Crippen molar-refractivity contribution in [3.05, 3.63) is 100 Å². The van der Waals surface area contributed by atoms with E-state index in [0.717, 1.165) is 47.7 Å². The number of pyridine rings is 2. The second kappa shape index (κ2) is 12.4. The normalized spacial score (nSPS) is 11.6. The Bertz CT molecular complexity index is 1620. The van der Waals surface area contributed by atoms with Crippen molar-refractivity contribution in [2.45, 2.75) is 66.6 Å². The lowest BCUT2D eigenvalue weighted by atomic mass is 10.0. The molecule has 4 heterocycles. The van der Waals surface area contributed by atoms with Crippen LogP contribution in [0.3, 0.4) is 0 Å². The first-order valence-corrected chi connectivity index (χ1v) is 15.1. The van der Waals surface area contributed by atoms with Gasteiger partial charge in [-0.15, -0.1) is 11.3 Å². The Morgan fingerprint density at radius 1 is 0.976 bits per heavy atom. The van der Waals surface area contributed by atoms with Crippen molar-refractivity contribution in [3.63, 3.8) is 0 Å². The molecule has 0 aliphatic heterocycles. The fraction of sp³-hybridized carbons (Fsp3) is 0.324. The Balaban J connectivity index is 1.42. The molecule has 5 aromatic rings. The standard InChI is InChI=1S/C34H39N5OS/c1-22(2)39(23(3)4)34(40)27-9-12-32-37-33(28-17-24(5)16-25(6)18-28)30(38(32)21-27)13-15-36-20-29-10-11-31(41-29)26-8-7-14-35-19-26/h7-12,14,16-19,21-23,36H,13,15,20H2,1-6H3. The summed E-state index contributed by atoms with van der Waals surface area (Å²) in [6, 6.07) is 19.1. The van der Waals surface area contributed by atoms with Gasteiger partial charge in [-0.2, -0.15) is 0 Å². The zero-order chi connectivity index (χ0) is 29.1. The number of carbonyl (C=O) groups excluding carboxylic acids is 1. The number of aromatic nitrogens is 3. The molecule has 0 saturated heterocycles. The van der Waals surface area contributed by atoms with Crippen LogP contribution in [0, 0.1) is 13.8 Å². The Morgan fingerprint density at radius 3 is 2.41 bits per heavy atom. The van der Waals surface area contributed by atoms with E-state index in [1.807, 2.05) is 35.5 Å². The minimum Gasteiger partial charge on any atom is -0.334 e. The monoisotopic (exact) mass is 565 g/mol. The third-order valence-corrected chi connectivity index (χ3v) is 8.39. The van der Waals surface area contributed by atoms with E-state index in [9.17, 15) is 4.79 Å². The van der Waals surface area contributed by atoms with Gasteiger partial charge >= 0.3 is 0 Å². The van der Waals surface area contributed by atoms with E-state index in [0.29, 0.717) is 5.56 Å². The first-order valence-electron chi connectivity index (χ1n) is 14.3. The molecule has 1 aromatic carbocycles. The lowest BCUT2D eigenvalue weighted by Gasteiger charge is -2.30. The molecule has 4 aromatic heterocycles. The number of nitrogens with zero attached hydrogens (tertiary/aromatic N) is 4. The second-order valence-electron chi connectivity index (χ2n) is 11.3. The number of aryl methyl sites for hydroxylation is 2. The van der Waals surface area contributed by atoms with Gasteiger partial charge in [-0.1, -0.05) is 23.3 Å². The molecule has 0 saturated carbocycles. The van der Waals surface area contributed by atoms with Gasteiger partial charge in [0.1, 0.15) is 5.65 Å². The Labute approximate surface area is 247 Å². The summed E-state index contributed by atoms with van der Waals surface area (Å²) in [5.41, 5.74) is 8.29. The maximum atomic E-state index is 13.5. The highest BCUT2D eigenvalue weighted by molar-refractivity contribution is 7.15. The zero-order valence-corrected chi connectivity index (χ0v) is 25.6. The van der Waals surface area contributed by atoms with E-state index in [-0.39, 0.29) is 18.0 Å². The molecule has 0 radical (unpaired) electrons. The molecule has 0 bridgehead atoms. The summed E-state index contributed by atoms with van der Waals surface area (Å²) in [5, 5.41) is 3.63. The highest BCUT2D eigenvalue weighted by atomic mass is 32.1. The summed E-state index contributed by atoms with van der Waals surface area (Å²) >= 11 is 1.79. The van der Waals surface area contributed by atoms with Gasteiger partial charge in [-0.3, -0.25) is 9.78 Å². The number of rotatable bonds is 10. The average Bonchev–Trinajstić information content (AvgIpc) is 3.55. The van der Waals surface area contributed by atoms with Gasteiger partial charge in [0.15, 0.2) is 0 Å². The minimum atomic E-state index is 0.0461. The van der Waals surface area contributed by atoms with E-state index in [1.54, 1.807) is 17.5 Å². The zero-order valence-electron chi connectivity index (χ0n) is 24.8. The van der Waals surface area contributed by atoms with Crippen LogP contribution in [0.5, 0.6) is 0 Å². The maximum Gasteiger partial charge on any atom is 0.255 e. The van der Waals surface area contributed by atoms with Gasteiger partial charge in [0, 0.05) is 71.1 Å². The number of nitrogens with one attached hydrogen (secondary N) is 1. The number of fused-ring (bicyclic) bond motifs is 1. The Morgan fingerprint density at radius 2 is 1.73 bits per heavy atom. The van der Waals surface area contributed by atoms with Crippen molar-refractivity contribution < 1.29 is 4.79 Å². The predicted molar refractivity (Wildman–Crippen MR) is 170 cm³/mol. The van der Waals surface area contributed by atoms with Crippen molar-refractivity contribution in [2.75, 3.05) is 6.54 Å². The third kappa shape index (κ3) is 6.42. The molecule has 0 atom stereocenters. The summed E-state index contributed by atoms with van der Waals surface area (Å²) in [5.74, 6) is 0.0461. The van der Waals surface area contributed by atoms with Gasteiger partial charge < -0.3 is 14.6 Å².